The number of nitrogens with zero attached hydrogens (tertiary/aromatic N) is 2. The van der Waals surface area contributed by atoms with Crippen LogP contribution in [0.3, 0.4) is 0 Å². The van der Waals surface area contributed by atoms with Gasteiger partial charge in [-0.15, -0.1) is 0 Å². The van der Waals surface area contributed by atoms with Gasteiger partial charge in [-0.25, -0.2) is 4.63 Å². The van der Waals surface area contributed by atoms with E-state index in [4.69, 9.17) is 10.4 Å². The van der Waals surface area contributed by atoms with E-state index in [1.54, 1.807) is 12.1 Å². The number of fused-ring (bicyclic) bond motifs is 1. The van der Waals surface area contributed by atoms with E-state index < -0.39 is 5.91 Å². The van der Waals surface area contributed by atoms with E-state index in [1.807, 2.05) is 0 Å². The topological polar surface area (TPSA) is 82.0 Å². The van der Waals surface area contributed by atoms with Crippen LogP contribution in [0.15, 0.2) is 16.8 Å². The fourth-order valence-corrected chi connectivity index (χ4v) is 2.69. The molecule has 2 N–H and O–H groups in total. The van der Waals surface area contributed by atoms with Crippen LogP contribution in [-0.2, 0) is 0 Å². The fourth-order valence-electron chi connectivity index (χ4n) is 2.69. The number of unbranched alkanes of at least 4 members (excludes halogenated alkanes) is 2. The second-order valence-electron chi connectivity index (χ2n) is 5.12. The molecule has 1 heterocycles. The summed E-state index contributed by atoms with van der Waals surface area (Å²) < 4.78 is 4.81. The summed E-state index contributed by atoms with van der Waals surface area (Å²) in [4.78, 5) is 11.7. The van der Waals surface area contributed by atoms with Crippen LogP contribution < -0.4 is 5.73 Å². The van der Waals surface area contributed by atoms with Gasteiger partial charge < -0.3 is 5.73 Å². The fraction of sp³-hybridized carbons (Fsp3) is 0.533. The molecular weight excluding hydrogens is 254 g/mol. The molecule has 2 rings (SSSR count). The number of rotatable bonds is 7. The molecule has 0 radical (unpaired) electrons. The standard InChI is InChI=1S/C15H21N3O2/c1-3-5-6-7-10(4-2)13-11(15(16)19)8-9-12-14(13)18-20-17-12/h8-10H,3-7H2,1-2H3,(H2,16,19). The highest BCUT2D eigenvalue weighted by atomic mass is 16.6. The normalized spacial score (nSPS) is 12.7. The number of carbonyl (C=O) groups is 1. The molecule has 1 unspecified atom stereocenters. The Labute approximate surface area is 118 Å². The molecule has 0 saturated heterocycles. The van der Waals surface area contributed by atoms with Gasteiger partial charge in [0.05, 0.1) is 0 Å². The number of amides is 1. The Hall–Kier alpha value is -1.91. The Morgan fingerprint density at radius 2 is 2.10 bits per heavy atom. The molecule has 0 aliphatic heterocycles. The van der Waals surface area contributed by atoms with Crippen LogP contribution in [0, 0.1) is 0 Å². The molecule has 0 saturated carbocycles. The predicted molar refractivity (Wildman–Crippen MR) is 77.5 cm³/mol. The van der Waals surface area contributed by atoms with Gasteiger partial charge in [-0.05, 0) is 46.8 Å². The number of hydrogen-bond acceptors (Lipinski definition) is 4. The highest BCUT2D eigenvalue weighted by molar-refractivity contribution is 5.99. The average molecular weight is 275 g/mol. The zero-order valence-electron chi connectivity index (χ0n) is 12.1. The number of hydrogen-bond donors (Lipinski definition) is 1. The third-order valence-corrected chi connectivity index (χ3v) is 3.79. The van der Waals surface area contributed by atoms with Gasteiger partial charge in [-0.2, -0.15) is 0 Å². The maximum Gasteiger partial charge on any atom is 0.249 e. The lowest BCUT2D eigenvalue weighted by atomic mass is 9.86. The molecule has 5 heteroatoms. The average Bonchev–Trinajstić information content (AvgIpc) is 2.91. The first-order chi connectivity index (χ1) is 9.69. The number of nitrogens with two attached hydrogens (primary N) is 1. The van der Waals surface area contributed by atoms with Gasteiger partial charge in [0.1, 0.15) is 11.0 Å². The maximum atomic E-state index is 11.7. The van der Waals surface area contributed by atoms with Crippen molar-refractivity contribution >= 4 is 16.9 Å². The van der Waals surface area contributed by atoms with E-state index in [0.29, 0.717) is 16.6 Å². The van der Waals surface area contributed by atoms with Crippen molar-refractivity contribution in [3.8, 4) is 0 Å². The predicted octanol–water partition coefficient (Wildman–Crippen LogP) is 3.40. The summed E-state index contributed by atoms with van der Waals surface area (Å²) in [5.74, 6) is -0.154. The Morgan fingerprint density at radius 1 is 1.30 bits per heavy atom. The summed E-state index contributed by atoms with van der Waals surface area (Å²) in [5, 5.41) is 7.82. The van der Waals surface area contributed by atoms with E-state index in [0.717, 1.165) is 24.8 Å². The molecular formula is C15H21N3O2. The van der Waals surface area contributed by atoms with Gasteiger partial charge in [0, 0.05) is 5.56 Å². The largest absolute Gasteiger partial charge is 0.366 e. The molecule has 0 bridgehead atoms. The van der Waals surface area contributed by atoms with Crippen LogP contribution in [0.1, 0.15) is 67.8 Å². The number of primary amides is 1. The first-order valence-electron chi connectivity index (χ1n) is 7.24. The van der Waals surface area contributed by atoms with E-state index in [-0.39, 0.29) is 5.92 Å². The zero-order valence-corrected chi connectivity index (χ0v) is 12.1. The summed E-state index contributed by atoms with van der Waals surface area (Å²) in [7, 11) is 0. The van der Waals surface area contributed by atoms with Gasteiger partial charge in [-0.3, -0.25) is 4.79 Å². The minimum Gasteiger partial charge on any atom is -0.366 e. The Morgan fingerprint density at radius 3 is 2.75 bits per heavy atom. The van der Waals surface area contributed by atoms with Gasteiger partial charge in [0.15, 0.2) is 0 Å². The Balaban J connectivity index is 2.44. The Kier molecular flexibility index (Phi) is 4.71. The van der Waals surface area contributed by atoms with Crippen molar-refractivity contribution in [3.63, 3.8) is 0 Å². The lowest BCUT2D eigenvalue weighted by molar-refractivity contribution is 0.0999. The van der Waals surface area contributed by atoms with E-state index in [9.17, 15) is 4.79 Å². The van der Waals surface area contributed by atoms with Crippen LogP contribution in [0.2, 0.25) is 0 Å². The first kappa shape index (κ1) is 14.5. The maximum absolute atomic E-state index is 11.7. The van der Waals surface area contributed by atoms with Crippen molar-refractivity contribution in [1.82, 2.24) is 10.3 Å². The monoisotopic (exact) mass is 275 g/mol. The summed E-state index contributed by atoms with van der Waals surface area (Å²) in [5.41, 5.74) is 8.29. The van der Waals surface area contributed by atoms with Crippen LogP contribution in [0.4, 0.5) is 0 Å². The highest BCUT2D eigenvalue weighted by Crippen LogP contribution is 2.33. The Bertz CT molecular complexity index is 592. The van der Waals surface area contributed by atoms with E-state index in [1.165, 1.54) is 12.8 Å². The molecule has 1 amide bonds. The molecule has 0 aliphatic rings. The summed E-state index contributed by atoms with van der Waals surface area (Å²) in [6, 6.07) is 3.46. The van der Waals surface area contributed by atoms with E-state index >= 15 is 0 Å². The minimum absolute atomic E-state index is 0.264. The second-order valence-corrected chi connectivity index (χ2v) is 5.12. The highest BCUT2D eigenvalue weighted by Gasteiger charge is 2.22. The lowest BCUT2D eigenvalue weighted by Crippen LogP contribution is -2.16. The van der Waals surface area contributed by atoms with Gasteiger partial charge in [-0.1, -0.05) is 33.1 Å². The van der Waals surface area contributed by atoms with Gasteiger partial charge >= 0.3 is 0 Å². The molecule has 20 heavy (non-hydrogen) atoms. The third kappa shape index (κ3) is 2.81. The van der Waals surface area contributed by atoms with Crippen molar-refractivity contribution in [2.45, 2.75) is 51.9 Å². The second kappa shape index (κ2) is 6.50. The van der Waals surface area contributed by atoms with Gasteiger partial charge in [0.2, 0.25) is 5.91 Å². The molecule has 0 spiro atoms. The van der Waals surface area contributed by atoms with Crippen molar-refractivity contribution in [2.24, 2.45) is 5.73 Å². The van der Waals surface area contributed by atoms with Crippen molar-refractivity contribution in [1.29, 1.82) is 0 Å². The molecule has 2 aromatic rings. The van der Waals surface area contributed by atoms with Crippen LogP contribution in [0.5, 0.6) is 0 Å². The van der Waals surface area contributed by atoms with Crippen molar-refractivity contribution in [3.05, 3.63) is 23.3 Å². The molecule has 1 atom stereocenters. The SMILES string of the molecule is CCCCCC(CC)c1c(C(N)=O)ccc2nonc12. The van der Waals surface area contributed by atoms with Crippen molar-refractivity contribution in [2.75, 3.05) is 0 Å². The minimum atomic E-state index is -0.418. The van der Waals surface area contributed by atoms with E-state index in [2.05, 4.69) is 24.2 Å². The van der Waals surface area contributed by atoms with Gasteiger partial charge in [0.25, 0.3) is 0 Å². The number of aromatic nitrogens is 2. The number of benzene rings is 1. The van der Waals surface area contributed by atoms with Crippen LogP contribution >= 0.6 is 0 Å². The van der Waals surface area contributed by atoms with Crippen molar-refractivity contribution < 1.29 is 9.42 Å². The zero-order chi connectivity index (χ0) is 14.5. The molecule has 1 aromatic heterocycles. The molecule has 5 nitrogen and oxygen atoms in total. The third-order valence-electron chi connectivity index (χ3n) is 3.79. The summed E-state index contributed by atoms with van der Waals surface area (Å²) in [6.45, 7) is 4.30. The number of carbonyl (C=O) groups excluding carboxylic acids is 1. The molecule has 0 aliphatic carbocycles. The van der Waals surface area contributed by atoms with Crippen LogP contribution in [-0.4, -0.2) is 16.2 Å². The molecule has 1 aromatic carbocycles. The summed E-state index contributed by atoms with van der Waals surface area (Å²) in [6.07, 6.45) is 5.46. The van der Waals surface area contributed by atoms with Crippen LogP contribution in [0.25, 0.3) is 11.0 Å². The molecule has 0 fully saturated rings. The lowest BCUT2D eigenvalue weighted by Gasteiger charge is -2.17. The smallest absolute Gasteiger partial charge is 0.249 e. The quantitative estimate of drug-likeness (QED) is 0.785. The summed E-state index contributed by atoms with van der Waals surface area (Å²) >= 11 is 0. The molecule has 108 valence electrons. The first-order valence-corrected chi connectivity index (χ1v) is 7.24.